The highest BCUT2D eigenvalue weighted by Crippen LogP contribution is 2.64. The number of allylic oxidation sites excluding steroid dienone is 4. The van der Waals surface area contributed by atoms with Crippen molar-refractivity contribution < 1.29 is 29.0 Å². The molecule has 5 aromatic rings. The summed E-state index contributed by atoms with van der Waals surface area (Å²) >= 11 is 0. The van der Waals surface area contributed by atoms with Crippen LogP contribution in [-0.4, -0.2) is 35.6 Å². The molecule has 2 fully saturated rings. The number of Topliss-reactive ketones (excluding diaryl/α,β-unsaturated/α-hetero) is 1. The zero-order valence-corrected chi connectivity index (χ0v) is 30.1. The number of nitrogens with zero attached hydrogens (tertiary/aromatic N) is 1. The van der Waals surface area contributed by atoms with E-state index in [0.717, 1.165) is 16.9 Å². The number of ether oxygens (including phenoxy) is 1. The minimum atomic E-state index is -1.46. The molecule has 272 valence electrons. The third kappa shape index (κ3) is 5.35. The predicted molar refractivity (Wildman–Crippen MR) is 210 cm³/mol. The highest BCUT2D eigenvalue weighted by atomic mass is 16.5. The number of rotatable bonds is 7. The fourth-order valence-electron chi connectivity index (χ4n) is 9.75. The van der Waals surface area contributed by atoms with Crippen LogP contribution in [-0.2, 0) is 24.6 Å². The quantitative estimate of drug-likeness (QED) is 0.129. The smallest absolute Gasteiger partial charge is 0.238 e. The van der Waals surface area contributed by atoms with Crippen molar-refractivity contribution in [1.82, 2.24) is 0 Å². The summed E-state index contributed by atoms with van der Waals surface area (Å²) in [5.74, 6) is -4.41. The maximum atomic E-state index is 15.2. The van der Waals surface area contributed by atoms with Gasteiger partial charge in [-0.25, -0.2) is 0 Å². The van der Waals surface area contributed by atoms with Gasteiger partial charge in [-0.15, -0.1) is 0 Å². The predicted octanol–water partition coefficient (Wildman–Crippen LogP) is 8.17. The number of phenols is 1. The number of imide groups is 1. The van der Waals surface area contributed by atoms with Gasteiger partial charge in [-0.2, -0.15) is 0 Å². The number of phenolic OH excluding ortho intramolecular Hbond substituents is 1. The molecule has 6 atom stereocenters. The van der Waals surface area contributed by atoms with Crippen LogP contribution in [0, 0.1) is 23.7 Å². The highest BCUT2D eigenvalue weighted by Gasteiger charge is 2.66. The second kappa shape index (κ2) is 13.4. The van der Waals surface area contributed by atoms with Gasteiger partial charge < -0.3 is 15.2 Å². The maximum absolute atomic E-state index is 15.2. The van der Waals surface area contributed by atoms with E-state index in [1.54, 1.807) is 30.3 Å². The number of amides is 2. The summed E-state index contributed by atoms with van der Waals surface area (Å²) in [6, 6.07) is 40.3. The van der Waals surface area contributed by atoms with Gasteiger partial charge in [-0.1, -0.05) is 90.5 Å². The summed E-state index contributed by atoms with van der Waals surface area (Å²) in [5, 5.41) is 15.0. The van der Waals surface area contributed by atoms with Crippen LogP contribution in [0.4, 0.5) is 17.1 Å². The molecule has 55 heavy (non-hydrogen) atoms. The van der Waals surface area contributed by atoms with Gasteiger partial charge in [0, 0.05) is 34.3 Å². The van der Waals surface area contributed by atoms with Crippen LogP contribution in [0.5, 0.6) is 11.5 Å². The molecule has 2 amide bonds. The van der Waals surface area contributed by atoms with Crippen molar-refractivity contribution in [1.29, 1.82) is 0 Å². The minimum Gasteiger partial charge on any atom is -0.508 e. The summed E-state index contributed by atoms with van der Waals surface area (Å²) in [5.41, 5.74) is 3.53. The number of hydrogen-bond donors (Lipinski definition) is 2. The van der Waals surface area contributed by atoms with Crippen molar-refractivity contribution in [2.45, 2.75) is 24.2 Å². The third-order valence-electron chi connectivity index (χ3n) is 12.1. The number of anilines is 3. The number of carbonyl (C=O) groups excluding carboxylic acids is 4. The van der Waals surface area contributed by atoms with E-state index < -0.39 is 35.0 Å². The van der Waals surface area contributed by atoms with Crippen molar-refractivity contribution >= 4 is 46.0 Å². The number of aromatic hydroxyl groups is 1. The number of benzene rings is 5. The summed E-state index contributed by atoms with van der Waals surface area (Å²) in [7, 11) is 1.53. The van der Waals surface area contributed by atoms with Gasteiger partial charge in [-0.05, 0) is 90.6 Å². The number of nitrogens with one attached hydrogen (secondary N) is 1. The van der Waals surface area contributed by atoms with E-state index in [0.29, 0.717) is 33.7 Å². The summed E-state index contributed by atoms with van der Waals surface area (Å²) in [6.45, 7) is 0. The van der Waals surface area contributed by atoms with Gasteiger partial charge in [0.25, 0.3) is 0 Å². The Hall–Kier alpha value is -6.54. The molecule has 9 rings (SSSR count). The molecule has 0 radical (unpaired) electrons. The standard InChI is InChI=1S/C47H38N2O6/c1-55-33-21-24-40(50)38(25-33)43-34-22-23-35-42(46(54)49(45(35)53)32-19-17-31(18-20-32)48-30-15-9-4-10-16-30)37(34)26-39-44(52)36(28-11-5-2-6-12-28)27-41(51)47(39,43)29-13-7-3-8-14-29/h2-22,24-25,27,35,37,39,42-43,48,50H,23,26H2,1H3/t35-,37+,39-,42-,43+,47-/m0/s1. The van der Waals surface area contributed by atoms with E-state index >= 15 is 9.59 Å². The van der Waals surface area contributed by atoms with Crippen molar-refractivity contribution in [3.05, 3.63) is 168 Å². The molecular weight excluding hydrogens is 689 g/mol. The van der Waals surface area contributed by atoms with Crippen LogP contribution >= 0.6 is 0 Å². The lowest BCUT2D eigenvalue weighted by atomic mass is 9.44. The molecule has 0 bridgehead atoms. The summed E-state index contributed by atoms with van der Waals surface area (Å²) in [6.07, 6.45) is 3.91. The topological polar surface area (TPSA) is 113 Å². The Morgan fingerprint density at radius 3 is 2.09 bits per heavy atom. The first-order valence-electron chi connectivity index (χ1n) is 18.6. The lowest BCUT2D eigenvalue weighted by Crippen LogP contribution is -2.58. The monoisotopic (exact) mass is 726 g/mol. The van der Waals surface area contributed by atoms with E-state index in [2.05, 4.69) is 5.32 Å². The average molecular weight is 727 g/mol. The Morgan fingerprint density at radius 2 is 1.40 bits per heavy atom. The van der Waals surface area contributed by atoms with E-state index in [-0.39, 0.29) is 42.0 Å². The summed E-state index contributed by atoms with van der Waals surface area (Å²) in [4.78, 5) is 60.7. The van der Waals surface area contributed by atoms with Gasteiger partial charge in [0.2, 0.25) is 11.8 Å². The average Bonchev–Trinajstić information content (AvgIpc) is 3.48. The molecule has 1 saturated carbocycles. The Bertz CT molecular complexity index is 2410. The van der Waals surface area contributed by atoms with Gasteiger partial charge in [0.1, 0.15) is 11.5 Å². The van der Waals surface area contributed by atoms with Crippen molar-refractivity contribution in [2.24, 2.45) is 23.7 Å². The molecule has 5 aromatic carbocycles. The highest BCUT2D eigenvalue weighted by molar-refractivity contribution is 6.32. The molecule has 0 spiro atoms. The lowest BCUT2D eigenvalue weighted by molar-refractivity contribution is -0.135. The second-order valence-electron chi connectivity index (χ2n) is 14.8. The molecular formula is C47H38N2O6. The van der Waals surface area contributed by atoms with Crippen molar-refractivity contribution in [2.75, 3.05) is 17.3 Å². The Kier molecular flexibility index (Phi) is 8.34. The van der Waals surface area contributed by atoms with Gasteiger partial charge in [0.15, 0.2) is 11.6 Å². The molecule has 3 aliphatic carbocycles. The number of hydrogen-bond acceptors (Lipinski definition) is 7. The maximum Gasteiger partial charge on any atom is 0.238 e. The molecule has 8 heteroatoms. The van der Waals surface area contributed by atoms with Gasteiger partial charge in [-0.3, -0.25) is 24.1 Å². The lowest BCUT2D eigenvalue weighted by Gasteiger charge is -2.55. The Labute approximate surface area is 318 Å². The number of methoxy groups -OCH3 is 1. The SMILES string of the molecule is COc1ccc(O)c([C@H]2C3=CC[C@@H]4C(=O)N(c5ccc(Nc6ccccc6)cc5)C(=O)[C@@H]4[C@@H]3C[C@H]3C(=O)C(c4ccccc4)=CC(=O)[C@@]23c2ccccc2)c1. The molecule has 4 aliphatic rings. The van der Waals surface area contributed by atoms with Crippen LogP contribution in [0.15, 0.2) is 151 Å². The molecule has 2 N–H and O–H groups in total. The zero-order valence-electron chi connectivity index (χ0n) is 30.1. The number of ketones is 2. The first-order valence-corrected chi connectivity index (χ1v) is 18.6. The van der Waals surface area contributed by atoms with E-state index in [9.17, 15) is 14.7 Å². The molecule has 1 saturated heterocycles. The normalized spacial score (nSPS) is 25.7. The van der Waals surface area contributed by atoms with E-state index in [1.165, 1.54) is 18.1 Å². The largest absolute Gasteiger partial charge is 0.508 e. The van der Waals surface area contributed by atoms with Gasteiger partial charge in [0.05, 0.1) is 30.0 Å². The van der Waals surface area contributed by atoms with Gasteiger partial charge >= 0.3 is 0 Å². The second-order valence-corrected chi connectivity index (χ2v) is 14.8. The molecule has 1 aliphatic heterocycles. The fourth-order valence-corrected chi connectivity index (χ4v) is 9.75. The van der Waals surface area contributed by atoms with Crippen LogP contribution in [0.25, 0.3) is 5.57 Å². The first kappa shape index (κ1) is 34.2. The zero-order chi connectivity index (χ0) is 37.8. The molecule has 0 unspecified atom stereocenters. The first-order chi connectivity index (χ1) is 26.8. The Balaban J connectivity index is 1.19. The van der Waals surface area contributed by atoms with Crippen LogP contribution < -0.4 is 15.0 Å². The van der Waals surface area contributed by atoms with Crippen LogP contribution in [0.3, 0.4) is 0 Å². The number of carbonyl (C=O) groups is 4. The fraction of sp³-hybridized carbons (Fsp3) is 0.191. The summed E-state index contributed by atoms with van der Waals surface area (Å²) < 4.78 is 5.64. The van der Waals surface area contributed by atoms with Crippen molar-refractivity contribution in [3.8, 4) is 11.5 Å². The number of fused-ring (bicyclic) bond motifs is 4. The molecule has 1 heterocycles. The molecule has 8 nitrogen and oxygen atoms in total. The van der Waals surface area contributed by atoms with Crippen LogP contribution in [0.1, 0.15) is 35.4 Å². The van der Waals surface area contributed by atoms with E-state index in [4.69, 9.17) is 4.74 Å². The number of para-hydroxylation sites is 1. The minimum absolute atomic E-state index is 0.0544. The Morgan fingerprint density at radius 1 is 0.745 bits per heavy atom. The third-order valence-corrected chi connectivity index (χ3v) is 12.1. The van der Waals surface area contributed by atoms with E-state index in [1.807, 2.05) is 109 Å². The van der Waals surface area contributed by atoms with Crippen molar-refractivity contribution in [3.63, 3.8) is 0 Å². The molecule has 0 aromatic heterocycles. The van der Waals surface area contributed by atoms with Crippen LogP contribution in [0.2, 0.25) is 0 Å².